The predicted octanol–water partition coefficient (Wildman–Crippen LogP) is 1.65. The number of nitrogens with one attached hydrogen (secondary N) is 4. The molecule has 1 unspecified atom stereocenters. The van der Waals surface area contributed by atoms with Crippen LogP contribution in [0.2, 0.25) is 0 Å². The standard InChI is InChI=1S/C28H35N5O4/c1-18-5-7-19(8-6-18)15-23(25(35)30-14-4-2-3-13-29)31-24(34)21-9-10-22-17-28(12-11-20(22)16-21)26(36)32-27(37)33-28/h5-10,16,23H,2-4,11-15,17,29H2,1H3,(H,30,35)(H,31,34)(H2,32,33,36,37)/t23-,28?/m1/s1. The van der Waals surface area contributed by atoms with E-state index in [9.17, 15) is 19.2 Å². The predicted molar refractivity (Wildman–Crippen MR) is 140 cm³/mol. The first-order valence-electron chi connectivity index (χ1n) is 12.9. The summed E-state index contributed by atoms with van der Waals surface area (Å²) in [6.07, 6.45) is 4.46. The molecule has 9 heteroatoms. The van der Waals surface area contributed by atoms with Crippen LogP contribution in [-0.2, 0) is 28.9 Å². The monoisotopic (exact) mass is 505 g/mol. The van der Waals surface area contributed by atoms with Gasteiger partial charge in [0.1, 0.15) is 11.6 Å². The lowest BCUT2D eigenvalue weighted by molar-refractivity contribution is -0.124. The van der Waals surface area contributed by atoms with Crippen molar-refractivity contribution in [2.45, 2.75) is 63.5 Å². The van der Waals surface area contributed by atoms with E-state index in [0.717, 1.165) is 41.5 Å². The minimum absolute atomic E-state index is 0.218. The number of urea groups is 1. The molecule has 1 heterocycles. The number of amides is 5. The summed E-state index contributed by atoms with van der Waals surface area (Å²) in [5, 5.41) is 11.0. The van der Waals surface area contributed by atoms with Crippen LogP contribution in [0.25, 0.3) is 0 Å². The van der Waals surface area contributed by atoms with Crippen LogP contribution in [0.5, 0.6) is 0 Å². The van der Waals surface area contributed by atoms with Gasteiger partial charge in [0.15, 0.2) is 0 Å². The highest BCUT2D eigenvalue weighted by molar-refractivity contribution is 6.07. The molecule has 1 fully saturated rings. The molecule has 37 heavy (non-hydrogen) atoms. The van der Waals surface area contributed by atoms with E-state index in [1.54, 1.807) is 6.07 Å². The molecule has 1 aliphatic heterocycles. The van der Waals surface area contributed by atoms with Gasteiger partial charge >= 0.3 is 6.03 Å². The van der Waals surface area contributed by atoms with Crippen molar-refractivity contribution in [2.75, 3.05) is 13.1 Å². The highest BCUT2D eigenvalue weighted by Gasteiger charge is 2.47. The fourth-order valence-electron chi connectivity index (χ4n) is 4.95. The Morgan fingerprint density at radius 2 is 1.84 bits per heavy atom. The summed E-state index contributed by atoms with van der Waals surface area (Å²) >= 11 is 0. The molecule has 2 aliphatic rings. The van der Waals surface area contributed by atoms with Crippen molar-refractivity contribution < 1.29 is 19.2 Å². The van der Waals surface area contributed by atoms with Crippen LogP contribution in [0, 0.1) is 6.92 Å². The van der Waals surface area contributed by atoms with Gasteiger partial charge in [-0.25, -0.2) is 4.79 Å². The van der Waals surface area contributed by atoms with Crippen molar-refractivity contribution in [3.8, 4) is 0 Å². The zero-order valence-electron chi connectivity index (χ0n) is 21.2. The molecule has 2 aromatic rings. The average Bonchev–Trinajstić information content (AvgIpc) is 3.15. The van der Waals surface area contributed by atoms with E-state index in [1.165, 1.54) is 0 Å². The molecule has 196 valence electrons. The number of carbonyl (C=O) groups is 4. The zero-order chi connectivity index (χ0) is 26.4. The van der Waals surface area contributed by atoms with Gasteiger partial charge in [-0.2, -0.15) is 0 Å². The van der Waals surface area contributed by atoms with E-state index in [0.29, 0.717) is 44.3 Å². The zero-order valence-corrected chi connectivity index (χ0v) is 21.2. The number of fused-ring (bicyclic) bond motifs is 1. The average molecular weight is 506 g/mol. The lowest BCUT2D eigenvalue weighted by atomic mass is 9.77. The van der Waals surface area contributed by atoms with E-state index in [4.69, 9.17) is 5.73 Å². The van der Waals surface area contributed by atoms with Gasteiger partial charge in [0.2, 0.25) is 5.91 Å². The third-order valence-electron chi connectivity index (χ3n) is 7.16. The lowest BCUT2D eigenvalue weighted by Crippen LogP contribution is -2.51. The number of carbonyl (C=O) groups excluding carboxylic acids is 4. The SMILES string of the molecule is Cc1ccc(C[C@@H](NC(=O)c2ccc3c(c2)CCC2(C3)NC(=O)NC2=O)C(=O)NCCCCCN)cc1. The van der Waals surface area contributed by atoms with Gasteiger partial charge in [-0.05, 0) is 68.0 Å². The molecule has 0 bridgehead atoms. The van der Waals surface area contributed by atoms with Crippen molar-refractivity contribution in [1.29, 1.82) is 0 Å². The van der Waals surface area contributed by atoms with Crippen LogP contribution >= 0.6 is 0 Å². The summed E-state index contributed by atoms with van der Waals surface area (Å²) < 4.78 is 0. The molecule has 0 saturated carbocycles. The quantitative estimate of drug-likeness (QED) is 0.247. The Balaban J connectivity index is 1.45. The van der Waals surface area contributed by atoms with Gasteiger partial charge in [0.05, 0.1) is 0 Å². The Labute approximate surface area is 217 Å². The summed E-state index contributed by atoms with van der Waals surface area (Å²) in [6, 6.07) is 12.1. The number of rotatable bonds is 10. The summed E-state index contributed by atoms with van der Waals surface area (Å²) in [5.41, 5.74) is 9.05. The minimum Gasteiger partial charge on any atom is -0.354 e. The molecule has 0 radical (unpaired) electrons. The number of aryl methyl sites for hydroxylation is 2. The smallest absolute Gasteiger partial charge is 0.322 e. The van der Waals surface area contributed by atoms with Crippen molar-refractivity contribution in [2.24, 2.45) is 5.73 Å². The number of unbranched alkanes of at least 4 members (excludes halogenated alkanes) is 2. The van der Waals surface area contributed by atoms with E-state index in [1.807, 2.05) is 43.3 Å². The summed E-state index contributed by atoms with van der Waals surface area (Å²) in [6.45, 7) is 3.16. The van der Waals surface area contributed by atoms with Gasteiger partial charge in [0, 0.05) is 24.9 Å². The molecule has 0 aromatic heterocycles. The van der Waals surface area contributed by atoms with Crippen LogP contribution < -0.4 is 27.0 Å². The molecule has 2 atom stereocenters. The maximum atomic E-state index is 13.2. The molecule has 5 amide bonds. The molecule has 1 aliphatic carbocycles. The molecular weight excluding hydrogens is 470 g/mol. The number of benzene rings is 2. The third kappa shape index (κ3) is 6.35. The second kappa shape index (κ2) is 11.6. The Kier molecular flexibility index (Phi) is 8.23. The number of imide groups is 1. The molecular formula is C28H35N5O4. The Morgan fingerprint density at radius 1 is 1.05 bits per heavy atom. The molecule has 1 saturated heterocycles. The first kappa shape index (κ1) is 26.3. The Morgan fingerprint density at radius 3 is 2.54 bits per heavy atom. The normalized spacial score (nSPS) is 19.1. The summed E-state index contributed by atoms with van der Waals surface area (Å²) in [5.74, 6) is -0.854. The van der Waals surface area contributed by atoms with Gasteiger partial charge in [-0.1, -0.05) is 42.3 Å². The molecule has 6 N–H and O–H groups in total. The van der Waals surface area contributed by atoms with E-state index < -0.39 is 17.6 Å². The Bertz CT molecular complexity index is 1180. The van der Waals surface area contributed by atoms with Crippen LogP contribution in [0.4, 0.5) is 4.79 Å². The van der Waals surface area contributed by atoms with Crippen molar-refractivity contribution >= 4 is 23.8 Å². The van der Waals surface area contributed by atoms with Gasteiger partial charge < -0.3 is 21.7 Å². The van der Waals surface area contributed by atoms with Crippen LogP contribution in [0.3, 0.4) is 0 Å². The van der Waals surface area contributed by atoms with E-state index in [-0.39, 0.29) is 17.7 Å². The first-order valence-corrected chi connectivity index (χ1v) is 12.9. The Hall–Kier alpha value is -3.72. The van der Waals surface area contributed by atoms with Crippen LogP contribution in [0.15, 0.2) is 42.5 Å². The topological polar surface area (TPSA) is 142 Å². The highest BCUT2D eigenvalue weighted by atomic mass is 16.2. The van der Waals surface area contributed by atoms with Crippen molar-refractivity contribution in [3.63, 3.8) is 0 Å². The van der Waals surface area contributed by atoms with E-state index >= 15 is 0 Å². The second-order valence-corrected chi connectivity index (χ2v) is 10.0. The first-order chi connectivity index (χ1) is 17.8. The maximum Gasteiger partial charge on any atom is 0.322 e. The molecule has 9 nitrogen and oxygen atoms in total. The number of hydrogen-bond acceptors (Lipinski definition) is 5. The van der Waals surface area contributed by atoms with Gasteiger partial charge in [-0.15, -0.1) is 0 Å². The largest absolute Gasteiger partial charge is 0.354 e. The van der Waals surface area contributed by atoms with Gasteiger partial charge in [-0.3, -0.25) is 19.7 Å². The maximum absolute atomic E-state index is 13.2. The van der Waals surface area contributed by atoms with Gasteiger partial charge in [0.25, 0.3) is 11.8 Å². The summed E-state index contributed by atoms with van der Waals surface area (Å²) in [4.78, 5) is 50.2. The number of nitrogens with two attached hydrogens (primary N) is 1. The molecule has 4 rings (SSSR count). The minimum atomic E-state index is -0.921. The van der Waals surface area contributed by atoms with Crippen molar-refractivity contribution in [1.82, 2.24) is 21.3 Å². The molecule has 2 aromatic carbocycles. The van der Waals surface area contributed by atoms with Crippen LogP contribution in [0.1, 0.15) is 58.3 Å². The highest BCUT2D eigenvalue weighted by Crippen LogP contribution is 2.31. The molecule has 1 spiro atoms. The fourth-order valence-corrected chi connectivity index (χ4v) is 4.95. The third-order valence-corrected chi connectivity index (χ3v) is 7.16. The second-order valence-electron chi connectivity index (χ2n) is 10.0. The van der Waals surface area contributed by atoms with Crippen LogP contribution in [-0.4, -0.2) is 48.4 Å². The lowest BCUT2D eigenvalue weighted by Gasteiger charge is -2.32. The number of hydrogen-bond donors (Lipinski definition) is 5. The van der Waals surface area contributed by atoms with Crippen molar-refractivity contribution in [3.05, 3.63) is 70.3 Å². The fraction of sp³-hybridized carbons (Fsp3) is 0.429. The summed E-state index contributed by atoms with van der Waals surface area (Å²) in [7, 11) is 0. The van der Waals surface area contributed by atoms with E-state index in [2.05, 4.69) is 21.3 Å².